The molecule has 1 aliphatic carbocycles. The Labute approximate surface area is 95.9 Å². The Morgan fingerprint density at radius 1 is 1.44 bits per heavy atom. The third kappa shape index (κ3) is 2.16. The van der Waals surface area contributed by atoms with E-state index >= 15 is 0 Å². The topological polar surface area (TPSA) is 26.3 Å². The zero-order chi connectivity index (χ0) is 11.5. The van der Waals surface area contributed by atoms with Crippen molar-refractivity contribution in [1.29, 1.82) is 0 Å². The largest absolute Gasteiger partial charge is 0.466 e. The van der Waals surface area contributed by atoms with Crippen molar-refractivity contribution < 1.29 is 9.53 Å². The Bertz CT molecular complexity index is 432. The van der Waals surface area contributed by atoms with Crippen molar-refractivity contribution in [3.05, 3.63) is 41.5 Å². The minimum atomic E-state index is -0.161. The van der Waals surface area contributed by atoms with E-state index in [9.17, 15) is 4.79 Å². The summed E-state index contributed by atoms with van der Waals surface area (Å²) in [6.45, 7) is 6.30. The number of rotatable bonds is 3. The van der Waals surface area contributed by atoms with E-state index in [1.807, 2.05) is 13.0 Å². The second-order valence-corrected chi connectivity index (χ2v) is 4.08. The number of allylic oxidation sites excluding steroid dienone is 1. The van der Waals surface area contributed by atoms with Crippen molar-refractivity contribution >= 4 is 11.5 Å². The molecule has 0 fully saturated rings. The normalized spacial score (nSPS) is 13.7. The van der Waals surface area contributed by atoms with Gasteiger partial charge in [0.2, 0.25) is 0 Å². The van der Waals surface area contributed by atoms with Gasteiger partial charge in [-0.25, -0.2) is 0 Å². The molecule has 0 atom stereocenters. The number of carbonyl (C=O) groups is 1. The molecule has 16 heavy (non-hydrogen) atoms. The molecule has 0 saturated heterocycles. The highest BCUT2D eigenvalue weighted by Gasteiger charge is 2.15. The number of ether oxygens (including phenoxy) is 1. The predicted octanol–water partition coefficient (Wildman–Crippen LogP) is 2.75. The summed E-state index contributed by atoms with van der Waals surface area (Å²) in [5.41, 5.74) is 4.76. The van der Waals surface area contributed by atoms with Gasteiger partial charge in [-0.15, -0.1) is 0 Å². The van der Waals surface area contributed by atoms with Crippen molar-refractivity contribution in [1.82, 2.24) is 0 Å². The molecule has 1 aliphatic rings. The lowest BCUT2D eigenvalue weighted by atomic mass is 10.0. The van der Waals surface area contributed by atoms with E-state index in [0.717, 1.165) is 18.4 Å². The molecule has 2 heteroatoms. The first kappa shape index (κ1) is 10.9. The average molecular weight is 216 g/mol. The third-order valence-electron chi connectivity index (χ3n) is 2.91. The van der Waals surface area contributed by atoms with Gasteiger partial charge in [-0.3, -0.25) is 4.79 Å². The zero-order valence-corrected chi connectivity index (χ0v) is 9.58. The van der Waals surface area contributed by atoms with Gasteiger partial charge in [0.05, 0.1) is 13.0 Å². The Kier molecular flexibility index (Phi) is 3.09. The fourth-order valence-corrected chi connectivity index (χ4v) is 2.08. The van der Waals surface area contributed by atoms with E-state index < -0.39 is 0 Å². The molecular weight excluding hydrogens is 200 g/mol. The molecule has 2 rings (SSSR count). The Morgan fingerprint density at radius 3 is 3.00 bits per heavy atom. The number of benzene rings is 1. The minimum absolute atomic E-state index is 0.161. The molecule has 0 amide bonds. The van der Waals surface area contributed by atoms with Crippen LogP contribution in [0.3, 0.4) is 0 Å². The summed E-state index contributed by atoms with van der Waals surface area (Å²) in [4.78, 5) is 11.3. The summed E-state index contributed by atoms with van der Waals surface area (Å²) in [7, 11) is 0. The van der Waals surface area contributed by atoms with Crippen LogP contribution in [0.1, 0.15) is 30.0 Å². The van der Waals surface area contributed by atoms with Gasteiger partial charge in [0.25, 0.3) is 0 Å². The first-order valence-electron chi connectivity index (χ1n) is 5.66. The fourth-order valence-electron chi connectivity index (χ4n) is 2.08. The molecule has 0 aromatic heterocycles. The maximum Gasteiger partial charge on any atom is 0.310 e. The van der Waals surface area contributed by atoms with Gasteiger partial charge >= 0.3 is 5.97 Å². The van der Waals surface area contributed by atoms with Crippen LogP contribution in [0.15, 0.2) is 24.8 Å². The van der Waals surface area contributed by atoms with E-state index in [2.05, 4.69) is 18.7 Å². The summed E-state index contributed by atoms with van der Waals surface area (Å²) >= 11 is 0. The van der Waals surface area contributed by atoms with Crippen molar-refractivity contribution in [3.63, 3.8) is 0 Å². The predicted molar refractivity (Wildman–Crippen MR) is 64.1 cm³/mol. The second kappa shape index (κ2) is 4.52. The van der Waals surface area contributed by atoms with Crippen LogP contribution < -0.4 is 0 Å². The lowest BCUT2D eigenvalue weighted by Gasteiger charge is -2.05. The number of carbonyl (C=O) groups excluding carboxylic acids is 1. The SMILES string of the molecule is C=C1CCc2ccc(CC(=O)OCC)cc21. The number of hydrogen-bond acceptors (Lipinski definition) is 2. The highest BCUT2D eigenvalue weighted by Crippen LogP contribution is 2.31. The molecule has 0 radical (unpaired) electrons. The molecule has 1 aromatic carbocycles. The smallest absolute Gasteiger partial charge is 0.310 e. The van der Waals surface area contributed by atoms with Crippen molar-refractivity contribution in [2.24, 2.45) is 0 Å². The van der Waals surface area contributed by atoms with Crippen LogP contribution in [0.25, 0.3) is 5.57 Å². The van der Waals surface area contributed by atoms with Gasteiger partial charge in [-0.05, 0) is 42.0 Å². The van der Waals surface area contributed by atoms with Crippen LogP contribution in [0.4, 0.5) is 0 Å². The van der Waals surface area contributed by atoms with Crippen LogP contribution in [-0.4, -0.2) is 12.6 Å². The summed E-state index contributed by atoms with van der Waals surface area (Å²) in [5.74, 6) is -0.161. The van der Waals surface area contributed by atoms with Gasteiger partial charge in [0.1, 0.15) is 0 Å². The molecule has 0 bridgehead atoms. The molecule has 1 aromatic rings. The van der Waals surface area contributed by atoms with E-state index in [-0.39, 0.29) is 5.97 Å². The van der Waals surface area contributed by atoms with E-state index in [1.165, 1.54) is 16.7 Å². The molecule has 84 valence electrons. The molecule has 0 N–H and O–H groups in total. The molecule has 0 heterocycles. The summed E-state index contributed by atoms with van der Waals surface area (Å²) in [6.07, 6.45) is 2.47. The molecule has 0 aliphatic heterocycles. The molecule has 0 spiro atoms. The standard InChI is InChI=1S/C14H16O2/c1-3-16-14(15)9-11-5-7-12-6-4-10(2)13(12)8-11/h5,7-8H,2-4,6,9H2,1H3. The average Bonchev–Trinajstić information content (AvgIpc) is 2.61. The maximum atomic E-state index is 11.3. The first-order chi connectivity index (χ1) is 7.70. The van der Waals surface area contributed by atoms with Crippen LogP contribution in [0.2, 0.25) is 0 Å². The Hall–Kier alpha value is -1.57. The number of aryl methyl sites for hydroxylation is 1. The van der Waals surface area contributed by atoms with Crippen LogP contribution in [0.5, 0.6) is 0 Å². The highest BCUT2D eigenvalue weighted by molar-refractivity contribution is 5.75. The summed E-state index contributed by atoms with van der Waals surface area (Å²) in [5, 5.41) is 0. The first-order valence-corrected chi connectivity index (χ1v) is 5.66. The van der Waals surface area contributed by atoms with E-state index in [0.29, 0.717) is 13.0 Å². The molecule has 0 saturated carbocycles. The van der Waals surface area contributed by atoms with Crippen molar-refractivity contribution in [2.45, 2.75) is 26.2 Å². The third-order valence-corrected chi connectivity index (χ3v) is 2.91. The fraction of sp³-hybridized carbons (Fsp3) is 0.357. The highest BCUT2D eigenvalue weighted by atomic mass is 16.5. The monoisotopic (exact) mass is 216 g/mol. The lowest BCUT2D eigenvalue weighted by Crippen LogP contribution is -2.07. The van der Waals surface area contributed by atoms with Crippen molar-refractivity contribution in [2.75, 3.05) is 6.61 Å². The van der Waals surface area contributed by atoms with Gasteiger partial charge in [-0.2, -0.15) is 0 Å². The lowest BCUT2D eigenvalue weighted by molar-refractivity contribution is -0.142. The maximum absolute atomic E-state index is 11.3. The number of hydrogen-bond donors (Lipinski definition) is 0. The quantitative estimate of drug-likeness (QED) is 0.726. The molecule has 0 unspecified atom stereocenters. The number of esters is 1. The van der Waals surface area contributed by atoms with Gasteiger partial charge < -0.3 is 4.74 Å². The van der Waals surface area contributed by atoms with Crippen LogP contribution in [-0.2, 0) is 22.4 Å². The van der Waals surface area contributed by atoms with Crippen LogP contribution in [0, 0.1) is 0 Å². The van der Waals surface area contributed by atoms with E-state index in [4.69, 9.17) is 4.74 Å². The molecular formula is C14H16O2. The Balaban J connectivity index is 2.15. The van der Waals surface area contributed by atoms with E-state index in [1.54, 1.807) is 0 Å². The minimum Gasteiger partial charge on any atom is -0.466 e. The van der Waals surface area contributed by atoms with Crippen molar-refractivity contribution in [3.8, 4) is 0 Å². The molecule has 2 nitrogen and oxygen atoms in total. The van der Waals surface area contributed by atoms with Gasteiger partial charge in [-0.1, -0.05) is 24.8 Å². The second-order valence-electron chi connectivity index (χ2n) is 4.08. The summed E-state index contributed by atoms with van der Waals surface area (Å²) < 4.78 is 4.93. The Morgan fingerprint density at radius 2 is 2.25 bits per heavy atom. The van der Waals surface area contributed by atoms with Gasteiger partial charge in [0, 0.05) is 0 Å². The summed E-state index contributed by atoms with van der Waals surface area (Å²) in [6, 6.07) is 6.18. The zero-order valence-electron chi connectivity index (χ0n) is 9.58. The van der Waals surface area contributed by atoms with Crippen LogP contribution >= 0.6 is 0 Å². The van der Waals surface area contributed by atoms with Gasteiger partial charge in [0.15, 0.2) is 0 Å². The number of fused-ring (bicyclic) bond motifs is 1.